The number of rotatable bonds is 6. The molecule has 28 heavy (non-hydrogen) atoms. The fourth-order valence-electron chi connectivity index (χ4n) is 2.73. The number of aliphatic hydroxyl groups excluding tert-OH is 1. The lowest BCUT2D eigenvalue weighted by Crippen LogP contribution is -2.04. The Morgan fingerprint density at radius 2 is 1.75 bits per heavy atom. The molecule has 0 radical (unpaired) electrons. The Morgan fingerprint density at radius 3 is 2.43 bits per heavy atom. The lowest BCUT2D eigenvalue weighted by Gasteiger charge is -2.16. The molecular formula is C21H20Cl2N2O2S. The minimum Gasteiger partial charge on any atom is -0.505 e. The topological polar surface area (TPSA) is 78.5 Å². The van der Waals surface area contributed by atoms with E-state index in [1.54, 1.807) is 30.8 Å². The fraction of sp³-hybridized carbons (Fsp3) is 0.143. The van der Waals surface area contributed by atoms with Crippen molar-refractivity contribution in [2.24, 2.45) is 0 Å². The Kier molecular flexibility index (Phi) is 6.62. The molecule has 7 heteroatoms. The van der Waals surface area contributed by atoms with Crippen molar-refractivity contribution in [3.8, 4) is 5.75 Å². The molecule has 0 heterocycles. The highest BCUT2D eigenvalue weighted by molar-refractivity contribution is 7.99. The van der Waals surface area contributed by atoms with Crippen LogP contribution in [-0.4, -0.2) is 10.2 Å². The first-order valence-electron chi connectivity index (χ1n) is 8.59. The third-order valence-corrected chi connectivity index (χ3v) is 5.75. The van der Waals surface area contributed by atoms with E-state index >= 15 is 0 Å². The molecule has 146 valence electrons. The maximum atomic E-state index is 10.4. The molecule has 1 atom stereocenters. The van der Waals surface area contributed by atoms with Crippen LogP contribution in [0, 0.1) is 0 Å². The summed E-state index contributed by atoms with van der Waals surface area (Å²) in [7, 11) is 0. The van der Waals surface area contributed by atoms with Gasteiger partial charge in [0, 0.05) is 37.6 Å². The normalized spacial score (nSPS) is 12.0. The number of anilines is 2. The molecule has 0 bridgehead atoms. The second kappa shape index (κ2) is 8.97. The molecule has 0 fully saturated rings. The zero-order valence-corrected chi connectivity index (χ0v) is 17.4. The van der Waals surface area contributed by atoms with Gasteiger partial charge >= 0.3 is 0 Å². The predicted molar refractivity (Wildman–Crippen MR) is 118 cm³/mol. The molecule has 1 unspecified atom stereocenters. The first-order chi connectivity index (χ1) is 13.3. The highest BCUT2D eigenvalue weighted by atomic mass is 35.5. The summed E-state index contributed by atoms with van der Waals surface area (Å²) in [5.41, 5.74) is 8.42. The molecule has 4 nitrogen and oxygen atoms in total. The number of nitrogens with one attached hydrogen (secondary N) is 1. The first kappa shape index (κ1) is 20.7. The van der Waals surface area contributed by atoms with Crippen LogP contribution in [0.2, 0.25) is 10.0 Å². The van der Waals surface area contributed by atoms with Crippen LogP contribution in [0.5, 0.6) is 5.75 Å². The molecule has 0 spiro atoms. The second-order valence-electron chi connectivity index (χ2n) is 6.34. The maximum absolute atomic E-state index is 10.4. The molecule has 0 aromatic heterocycles. The van der Waals surface area contributed by atoms with E-state index in [0.717, 1.165) is 15.4 Å². The van der Waals surface area contributed by atoms with Crippen LogP contribution in [0.4, 0.5) is 11.4 Å². The van der Waals surface area contributed by atoms with E-state index in [4.69, 9.17) is 28.9 Å². The number of halogens is 2. The van der Waals surface area contributed by atoms with Crippen LogP contribution < -0.4 is 11.1 Å². The van der Waals surface area contributed by atoms with Crippen LogP contribution in [0.15, 0.2) is 64.4 Å². The highest BCUT2D eigenvalue weighted by Crippen LogP contribution is 2.37. The smallest absolute Gasteiger partial charge is 0.144 e. The van der Waals surface area contributed by atoms with Crippen LogP contribution in [0.1, 0.15) is 24.2 Å². The van der Waals surface area contributed by atoms with E-state index in [1.807, 2.05) is 42.5 Å². The zero-order chi connectivity index (χ0) is 20.3. The number of nitrogen functional groups attached to an aromatic ring is 1. The lowest BCUT2D eigenvalue weighted by molar-refractivity contribution is 0.195. The van der Waals surface area contributed by atoms with Crippen molar-refractivity contribution in [1.82, 2.24) is 0 Å². The number of hydrogen-bond acceptors (Lipinski definition) is 5. The van der Waals surface area contributed by atoms with Gasteiger partial charge in [0.1, 0.15) is 5.75 Å². The predicted octanol–water partition coefficient (Wildman–Crippen LogP) is 6.10. The van der Waals surface area contributed by atoms with Crippen molar-refractivity contribution >= 4 is 46.3 Å². The van der Waals surface area contributed by atoms with E-state index in [0.29, 0.717) is 33.5 Å². The van der Waals surface area contributed by atoms with E-state index in [-0.39, 0.29) is 5.75 Å². The summed E-state index contributed by atoms with van der Waals surface area (Å²) in [4.78, 5) is 2.08. The zero-order valence-electron chi connectivity index (χ0n) is 15.1. The van der Waals surface area contributed by atoms with Gasteiger partial charge in [-0.3, -0.25) is 0 Å². The van der Waals surface area contributed by atoms with Gasteiger partial charge in [0.15, 0.2) is 0 Å². The van der Waals surface area contributed by atoms with E-state index in [2.05, 4.69) is 5.32 Å². The van der Waals surface area contributed by atoms with Crippen molar-refractivity contribution in [1.29, 1.82) is 0 Å². The Balaban J connectivity index is 1.85. The standard InChI is InChI=1S/C21H20Cl2N2O2S/c1-12(26)18-9-15(23)10-19(21(18)27)25-11-13-8-16(24)4-7-20(13)28-17-5-2-14(22)3-6-17/h2-10,12,25-27H,11,24H2,1H3. The number of aliphatic hydroxyl groups is 1. The second-order valence-corrected chi connectivity index (χ2v) is 8.33. The van der Waals surface area contributed by atoms with Crippen LogP contribution in [0.3, 0.4) is 0 Å². The fourth-order valence-corrected chi connectivity index (χ4v) is 4.01. The Hall–Kier alpha value is -2.05. The first-order valence-corrected chi connectivity index (χ1v) is 10.2. The summed E-state index contributed by atoms with van der Waals surface area (Å²) in [6.07, 6.45) is -0.831. The maximum Gasteiger partial charge on any atom is 0.144 e. The van der Waals surface area contributed by atoms with Crippen LogP contribution >= 0.6 is 35.0 Å². The number of phenolic OH excluding ortho intramolecular Hbond substituents is 1. The average molecular weight is 435 g/mol. The van der Waals surface area contributed by atoms with Crippen molar-refractivity contribution in [2.45, 2.75) is 29.4 Å². The van der Waals surface area contributed by atoms with Gasteiger partial charge in [-0.15, -0.1) is 0 Å². The quantitative estimate of drug-likeness (QED) is 0.278. The molecule has 0 aliphatic heterocycles. The van der Waals surface area contributed by atoms with E-state index in [1.165, 1.54) is 0 Å². The Bertz CT molecular complexity index is 979. The van der Waals surface area contributed by atoms with Crippen molar-refractivity contribution in [2.75, 3.05) is 11.1 Å². The SMILES string of the molecule is CC(O)c1cc(Cl)cc(NCc2cc(N)ccc2Sc2ccc(Cl)cc2)c1O. The Morgan fingerprint density at radius 1 is 1.04 bits per heavy atom. The van der Waals surface area contributed by atoms with Gasteiger partial charge in [0.25, 0.3) is 0 Å². The summed E-state index contributed by atoms with van der Waals surface area (Å²) in [6, 6.07) is 16.5. The third kappa shape index (κ3) is 5.06. The van der Waals surface area contributed by atoms with Gasteiger partial charge in [-0.1, -0.05) is 35.0 Å². The van der Waals surface area contributed by atoms with Crippen molar-refractivity contribution < 1.29 is 10.2 Å². The molecule has 0 saturated heterocycles. The Labute approximate surface area is 178 Å². The molecule has 3 aromatic carbocycles. The highest BCUT2D eigenvalue weighted by Gasteiger charge is 2.14. The number of hydrogen-bond donors (Lipinski definition) is 4. The van der Waals surface area contributed by atoms with Gasteiger partial charge in [-0.2, -0.15) is 0 Å². The van der Waals surface area contributed by atoms with Crippen molar-refractivity contribution in [3.63, 3.8) is 0 Å². The molecule has 0 aliphatic rings. The average Bonchev–Trinajstić information content (AvgIpc) is 2.65. The molecule has 3 rings (SSSR count). The molecule has 0 aliphatic carbocycles. The molecule has 0 amide bonds. The number of benzene rings is 3. The van der Waals surface area contributed by atoms with Gasteiger partial charge in [0.2, 0.25) is 0 Å². The summed E-state index contributed by atoms with van der Waals surface area (Å²) in [6.45, 7) is 2.00. The molecule has 0 saturated carbocycles. The summed E-state index contributed by atoms with van der Waals surface area (Å²) in [5.74, 6) is -0.0183. The molecule has 5 N–H and O–H groups in total. The number of aromatic hydroxyl groups is 1. The van der Waals surface area contributed by atoms with E-state index in [9.17, 15) is 10.2 Å². The summed E-state index contributed by atoms with van der Waals surface area (Å²) < 4.78 is 0. The lowest BCUT2D eigenvalue weighted by atomic mass is 10.1. The summed E-state index contributed by atoms with van der Waals surface area (Å²) >= 11 is 13.7. The minimum atomic E-state index is -0.831. The molecule has 3 aromatic rings. The monoisotopic (exact) mass is 434 g/mol. The van der Waals surface area contributed by atoms with Gasteiger partial charge < -0.3 is 21.3 Å². The van der Waals surface area contributed by atoms with Gasteiger partial charge in [0.05, 0.1) is 11.8 Å². The van der Waals surface area contributed by atoms with E-state index < -0.39 is 6.10 Å². The number of phenols is 1. The third-order valence-electron chi connectivity index (χ3n) is 4.15. The van der Waals surface area contributed by atoms with Crippen LogP contribution in [-0.2, 0) is 6.54 Å². The number of nitrogens with two attached hydrogens (primary N) is 1. The van der Waals surface area contributed by atoms with Gasteiger partial charge in [-0.25, -0.2) is 0 Å². The summed E-state index contributed by atoms with van der Waals surface area (Å²) in [5, 5.41) is 24.6. The minimum absolute atomic E-state index is 0.0183. The van der Waals surface area contributed by atoms with Crippen molar-refractivity contribution in [3.05, 3.63) is 75.8 Å². The van der Waals surface area contributed by atoms with Crippen LogP contribution in [0.25, 0.3) is 0 Å². The largest absolute Gasteiger partial charge is 0.505 e. The molecular weight excluding hydrogens is 415 g/mol. The van der Waals surface area contributed by atoms with Gasteiger partial charge in [-0.05, 0) is 67.1 Å².